The summed E-state index contributed by atoms with van der Waals surface area (Å²) in [5.41, 5.74) is 3.49. The van der Waals surface area contributed by atoms with Gasteiger partial charge in [-0.15, -0.1) is 6.58 Å². The van der Waals surface area contributed by atoms with Crippen molar-refractivity contribution in [3.05, 3.63) is 43.0 Å². The minimum Gasteiger partial charge on any atom is -0.393 e. The number of nitrogens with zero attached hydrogens (tertiary/aromatic N) is 1. The topological polar surface area (TPSA) is 3.24 Å². The molecule has 0 unspecified atom stereocenters. The number of para-hydroxylation sites is 1. The normalized spacial score (nSPS) is 12.2. The molecule has 20 heavy (non-hydrogen) atoms. The monoisotopic (exact) mass is 289 g/mol. The van der Waals surface area contributed by atoms with Gasteiger partial charge >= 0.3 is 0 Å². The van der Waals surface area contributed by atoms with E-state index >= 15 is 0 Å². The van der Waals surface area contributed by atoms with Gasteiger partial charge in [0.25, 0.3) is 0 Å². The Kier molecular flexibility index (Phi) is 6.06. The quantitative estimate of drug-likeness (QED) is 0.449. The van der Waals surface area contributed by atoms with Crippen LogP contribution in [0.4, 0.5) is 5.69 Å². The third-order valence-electron chi connectivity index (χ3n) is 4.62. The van der Waals surface area contributed by atoms with Crippen molar-refractivity contribution in [1.82, 2.24) is 0 Å². The van der Waals surface area contributed by atoms with E-state index in [9.17, 15) is 0 Å². The van der Waals surface area contributed by atoms with Crippen LogP contribution in [0, 0.1) is 0 Å². The molecule has 0 spiro atoms. The van der Waals surface area contributed by atoms with Crippen LogP contribution in [0.25, 0.3) is 0 Å². The summed E-state index contributed by atoms with van der Waals surface area (Å²) in [5.74, 6) is 0. The van der Waals surface area contributed by atoms with Crippen LogP contribution in [-0.2, 0) is 0 Å². The van der Waals surface area contributed by atoms with Crippen LogP contribution in [0.1, 0.15) is 41.5 Å². The van der Waals surface area contributed by atoms with Crippen molar-refractivity contribution in [2.75, 3.05) is 11.1 Å². The van der Waals surface area contributed by atoms with Gasteiger partial charge in [-0.05, 0) is 28.8 Å². The second-order valence-corrected chi connectivity index (χ2v) is 12.4. The first-order valence-electron chi connectivity index (χ1n) is 7.82. The summed E-state index contributed by atoms with van der Waals surface area (Å²) in [4.78, 5) is 0. The Morgan fingerprint density at radius 1 is 0.950 bits per heavy atom. The maximum absolute atomic E-state index is 4.00. The smallest absolute Gasteiger partial charge is 0.164 e. The number of hydrogen-bond acceptors (Lipinski definition) is 1. The minimum absolute atomic E-state index is 0.711. The maximum Gasteiger partial charge on any atom is 0.164 e. The van der Waals surface area contributed by atoms with Gasteiger partial charge in [-0.1, -0.05) is 65.8 Å². The predicted octanol–water partition coefficient (Wildman–Crippen LogP) is 5.85. The van der Waals surface area contributed by atoms with Crippen LogP contribution in [0.15, 0.2) is 43.0 Å². The van der Waals surface area contributed by atoms with Crippen LogP contribution in [0.2, 0.25) is 16.6 Å². The predicted molar refractivity (Wildman–Crippen MR) is 95.0 cm³/mol. The zero-order valence-corrected chi connectivity index (χ0v) is 15.1. The third kappa shape index (κ3) is 3.00. The lowest BCUT2D eigenvalue weighted by molar-refractivity contribution is 0.783. The maximum atomic E-state index is 4.00. The van der Waals surface area contributed by atoms with Crippen molar-refractivity contribution in [2.24, 2.45) is 0 Å². The molecule has 0 N–H and O–H groups in total. The Labute approximate surface area is 126 Å². The summed E-state index contributed by atoms with van der Waals surface area (Å²) in [6, 6.07) is 10.9. The lowest BCUT2D eigenvalue weighted by Gasteiger charge is -2.52. The molecular formula is C18H31NSi. The molecule has 1 aromatic carbocycles. The van der Waals surface area contributed by atoms with Gasteiger partial charge in [0.15, 0.2) is 8.24 Å². The molecule has 0 atom stereocenters. The van der Waals surface area contributed by atoms with Crippen molar-refractivity contribution in [1.29, 1.82) is 0 Å². The van der Waals surface area contributed by atoms with Crippen molar-refractivity contribution < 1.29 is 0 Å². The van der Waals surface area contributed by atoms with E-state index in [1.165, 1.54) is 5.69 Å². The summed E-state index contributed by atoms with van der Waals surface area (Å²) < 4.78 is 2.69. The molecule has 0 aliphatic carbocycles. The average molecular weight is 290 g/mol. The van der Waals surface area contributed by atoms with E-state index in [4.69, 9.17) is 0 Å². The fraction of sp³-hybridized carbons (Fsp3) is 0.556. The second kappa shape index (κ2) is 7.12. The molecule has 0 bridgehead atoms. The molecule has 1 rings (SSSR count). The molecule has 0 heterocycles. The summed E-state index contributed by atoms with van der Waals surface area (Å²) in [6.45, 7) is 19.4. The number of hydrogen-bond donors (Lipinski definition) is 0. The second-order valence-electron chi connectivity index (χ2n) is 6.59. The molecule has 0 fully saturated rings. The molecule has 2 heteroatoms. The van der Waals surface area contributed by atoms with E-state index in [0.29, 0.717) is 16.6 Å². The highest BCUT2D eigenvalue weighted by Crippen LogP contribution is 2.45. The van der Waals surface area contributed by atoms with Gasteiger partial charge in [0, 0.05) is 12.2 Å². The molecule has 0 amide bonds. The SMILES string of the molecule is C=CCN(c1ccccc1)[Si](C(C)C)(C(C)C)C(C)C. The van der Waals surface area contributed by atoms with E-state index in [0.717, 1.165) is 6.54 Å². The summed E-state index contributed by atoms with van der Waals surface area (Å²) in [7, 11) is -1.66. The number of anilines is 1. The zero-order valence-electron chi connectivity index (χ0n) is 14.1. The minimum atomic E-state index is -1.66. The standard InChI is InChI=1S/C18H31NSi/c1-8-14-19(18-12-10-9-11-13-18)20(15(2)3,16(4)5)17(6)7/h8-13,15-17H,1,14H2,2-7H3. The first-order chi connectivity index (χ1) is 9.38. The Bertz CT molecular complexity index is 387. The molecule has 0 saturated carbocycles. The van der Waals surface area contributed by atoms with E-state index in [2.05, 4.69) is 89.1 Å². The van der Waals surface area contributed by atoms with Crippen molar-refractivity contribution in [2.45, 2.75) is 58.2 Å². The largest absolute Gasteiger partial charge is 0.393 e. The van der Waals surface area contributed by atoms with Gasteiger partial charge in [0.2, 0.25) is 0 Å². The molecular weight excluding hydrogens is 258 g/mol. The molecule has 0 aliphatic rings. The van der Waals surface area contributed by atoms with Gasteiger partial charge in [0.05, 0.1) is 0 Å². The van der Waals surface area contributed by atoms with Gasteiger partial charge < -0.3 is 4.57 Å². The first-order valence-corrected chi connectivity index (χ1v) is 10.0. The molecule has 1 aromatic rings. The van der Waals surface area contributed by atoms with Crippen molar-refractivity contribution in [3.8, 4) is 0 Å². The van der Waals surface area contributed by atoms with Crippen molar-refractivity contribution >= 4 is 13.9 Å². The van der Waals surface area contributed by atoms with Gasteiger partial charge in [0.1, 0.15) is 0 Å². The van der Waals surface area contributed by atoms with Crippen LogP contribution in [-0.4, -0.2) is 14.8 Å². The molecule has 1 nitrogen and oxygen atoms in total. The highest BCUT2D eigenvalue weighted by Gasteiger charge is 2.48. The highest BCUT2D eigenvalue weighted by atomic mass is 28.3. The average Bonchev–Trinajstić information content (AvgIpc) is 2.38. The van der Waals surface area contributed by atoms with Crippen LogP contribution in [0.5, 0.6) is 0 Å². The highest BCUT2D eigenvalue weighted by molar-refractivity contribution is 6.86. The Balaban J connectivity index is 3.42. The van der Waals surface area contributed by atoms with Crippen LogP contribution >= 0.6 is 0 Å². The zero-order chi connectivity index (χ0) is 15.3. The van der Waals surface area contributed by atoms with Crippen LogP contribution in [0.3, 0.4) is 0 Å². The fourth-order valence-corrected chi connectivity index (χ4v) is 11.1. The van der Waals surface area contributed by atoms with E-state index in [-0.39, 0.29) is 0 Å². The molecule has 0 saturated heterocycles. The summed E-state index contributed by atoms with van der Waals surface area (Å²) in [5, 5.41) is 0. The Morgan fingerprint density at radius 2 is 1.40 bits per heavy atom. The lowest BCUT2D eigenvalue weighted by Crippen LogP contribution is -2.60. The van der Waals surface area contributed by atoms with E-state index < -0.39 is 8.24 Å². The third-order valence-corrected chi connectivity index (χ3v) is 11.5. The van der Waals surface area contributed by atoms with E-state index in [1.807, 2.05) is 0 Å². The summed E-state index contributed by atoms with van der Waals surface area (Å²) in [6.07, 6.45) is 2.06. The van der Waals surface area contributed by atoms with Gasteiger partial charge in [-0.2, -0.15) is 0 Å². The Hall–Kier alpha value is -1.02. The first kappa shape index (κ1) is 17.0. The van der Waals surface area contributed by atoms with Crippen molar-refractivity contribution in [3.63, 3.8) is 0 Å². The number of benzene rings is 1. The summed E-state index contributed by atoms with van der Waals surface area (Å²) >= 11 is 0. The number of rotatable bonds is 7. The van der Waals surface area contributed by atoms with Gasteiger partial charge in [-0.25, -0.2) is 0 Å². The molecule has 0 radical (unpaired) electrons. The van der Waals surface area contributed by atoms with Gasteiger partial charge in [-0.3, -0.25) is 0 Å². The molecule has 0 aromatic heterocycles. The van der Waals surface area contributed by atoms with E-state index in [1.54, 1.807) is 0 Å². The Morgan fingerprint density at radius 3 is 1.75 bits per heavy atom. The van der Waals surface area contributed by atoms with Crippen LogP contribution < -0.4 is 4.57 Å². The molecule has 0 aliphatic heterocycles. The lowest BCUT2D eigenvalue weighted by atomic mass is 10.3. The fourth-order valence-electron chi connectivity index (χ4n) is 4.16. The molecule has 112 valence electrons.